The maximum atomic E-state index is 9.89. The van der Waals surface area contributed by atoms with E-state index in [4.69, 9.17) is 34.8 Å². The Bertz CT molecular complexity index is 320. The first-order valence-electron chi connectivity index (χ1n) is 4.81. The average molecular weight is 268 g/mol. The van der Waals surface area contributed by atoms with E-state index in [1.165, 1.54) is 0 Å². The monoisotopic (exact) mass is 266 g/mol. The topological polar surface area (TPSA) is 20.2 Å². The van der Waals surface area contributed by atoms with Gasteiger partial charge in [0.2, 0.25) is 3.79 Å². The molecule has 1 nitrogen and oxygen atoms in total. The molecule has 1 aromatic carbocycles. The molecule has 4 heteroatoms. The summed E-state index contributed by atoms with van der Waals surface area (Å²) in [5.41, 5.74) is 1.25. The summed E-state index contributed by atoms with van der Waals surface area (Å²) in [6.07, 6.45) is 0.981. The highest BCUT2D eigenvalue weighted by atomic mass is 35.6. The minimum Gasteiger partial charge on any atom is -0.388 e. The zero-order chi connectivity index (χ0) is 11.5. The number of benzene rings is 1. The van der Waals surface area contributed by atoms with Crippen LogP contribution in [0.5, 0.6) is 0 Å². The van der Waals surface area contributed by atoms with E-state index in [0.717, 1.165) is 6.42 Å². The first kappa shape index (κ1) is 13.1. The van der Waals surface area contributed by atoms with Gasteiger partial charge < -0.3 is 5.11 Å². The third-order valence-corrected chi connectivity index (χ3v) is 2.80. The molecule has 0 aromatic heterocycles. The minimum atomic E-state index is -1.48. The molecule has 15 heavy (non-hydrogen) atoms. The number of hydrogen-bond donors (Lipinski definition) is 1. The zero-order valence-corrected chi connectivity index (χ0v) is 10.6. The lowest BCUT2D eigenvalue weighted by Gasteiger charge is -2.19. The van der Waals surface area contributed by atoms with Crippen molar-refractivity contribution in [2.24, 2.45) is 0 Å². The molecule has 0 bridgehead atoms. The molecule has 0 amide bonds. The second kappa shape index (κ2) is 5.40. The Morgan fingerprint density at radius 3 is 2.40 bits per heavy atom. The Morgan fingerprint density at radius 2 is 1.87 bits per heavy atom. The van der Waals surface area contributed by atoms with Gasteiger partial charge in [0.25, 0.3) is 0 Å². The van der Waals surface area contributed by atoms with Crippen LogP contribution >= 0.6 is 34.8 Å². The van der Waals surface area contributed by atoms with Crippen LogP contribution in [0.3, 0.4) is 0 Å². The van der Waals surface area contributed by atoms with E-state index in [2.05, 4.69) is 0 Å². The van der Waals surface area contributed by atoms with Gasteiger partial charge in [-0.3, -0.25) is 0 Å². The van der Waals surface area contributed by atoms with Gasteiger partial charge in [0, 0.05) is 5.56 Å². The number of hydrogen-bond acceptors (Lipinski definition) is 1. The van der Waals surface area contributed by atoms with Crippen molar-refractivity contribution in [3.63, 3.8) is 0 Å². The molecule has 0 heterocycles. The molecule has 0 saturated heterocycles. The predicted octanol–water partition coefficient (Wildman–Crippen LogP) is 4.35. The lowest BCUT2D eigenvalue weighted by Crippen LogP contribution is -2.08. The molecule has 0 spiro atoms. The fourth-order valence-electron chi connectivity index (χ4n) is 1.47. The second-order valence-electron chi connectivity index (χ2n) is 3.39. The molecule has 1 atom stereocenters. The Hall–Kier alpha value is 0.0500. The average Bonchev–Trinajstić information content (AvgIpc) is 2.17. The summed E-state index contributed by atoms with van der Waals surface area (Å²) in [6.45, 7) is 2.00. The van der Waals surface area contributed by atoms with Crippen LogP contribution in [0.4, 0.5) is 0 Å². The largest absolute Gasteiger partial charge is 0.388 e. The van der Waals surface area contributed by atoms with Crippen molar-refractivity contribution >= 4 is 34.8 Å². The Balaban J connectivity index is 3.06. The van der Waals surface area contributed by atoms with Crippen molar-refractivity contribution in [1.29, 1.82) is 0 Å². The van der Waals surface area contributed by atoms with Crippen LogP contribution in [0.15, 0.2) is 24.3 Å². The minimum absolute atomic E-state index is 0.552. The maximum Gasteiger partial charge on any atom is 0.216 e. The molecule has 1 rings (SSSR count). The van der Waals surface area contributed by atoms with Crippen LogP contribution in [-0.4, -0.2) is 5.11 Å². The zero-order valence-electron chi connectivity index (χ0n) is 8.38. The van der Waals surface area contributed by atoms with Crippen LogP contribution in [0.2, 0.25) is 0 Å². The standard InChI is InChI=1S/C11H13Cl3O/c1-2-5-10(15)8-6-3-4-7-9(8)11(12,13)14/h3-4,6-7,10,15H,2,5H2,1H3. The van der Waals surface area contributed by atoms with Crippen molar-refractivity contribution in [1.82, 2.24) is 0 Å². The number of aliphatic hydroxyl groups is 1. The summed E-state index contributed by atoms with van der Waals surface area (Å²) >= 11 is 17.5. The highest BCUT2D eigenvalue weighted by molar-refractivity contribution is 6.66. The van der Waals surface area contributed by atoms with Gasteiger partial charge in [-0.25, -0.2) is 0 Å². The molecule has 0 aliphatic rings. The normalized spacial score (nSPS) is 13.9. The van der Waals surface area contributed by atoms with E-state index in [1.54, 1.807) is 18.2 Å². The summed E-state index contributed by atoms with van der Waals surface area (Å²) in [7, 11) is 0. The summed E-state index contributed by atoms with van der Waals surface area (Å²) in [6, 6.07) is 7.13. The van der Waals surface area contributed by atoms with Gasteiger partial charge in [-0.2, -0.15) is 0 Å². The summed E-state index contributed by atoms with van der Waals surface area (Å²) < 4.78 is -1.48. The quantitative estimate of drug-likeness (QED) is 0.808. The third-order valence-electron chi connectivity index (χ3n) is 2.19. The molecule has 1 N–H and O–H groups in total. The number of alkyl halides is 3. The highest BCUT2D eigenvalue weighted by Crippen LogP contribution is 2.41. The van der Waals surface area contributed by atoms with E-state index < -0.39 is 9.90 Å². The van der Waals surface area contributed by atoms with E-state index in [0.29, 0.717) is 17.5 Å². The van der Waals surface area contributed by atoms with Gasteiger partial charge in [0.05, 0.1) is 6.10 Å². The number of rotatable bonds is 3. The molecular weight excluding hydrogens is 254 g/mol. The second-order valence-corrected chi connectivity index (χ2v) is 5.67. The fraction of sp³-hybridized carbons (Fsp3) is 0.455. The van der Waals surface area contributed by atoms with Crippen LogP contribution in [-0.2, 0) is 3.79 Å². The van der Waals surface area contributed by atoms with Crippen LogP contribution in [0, 0.1) is 0 Å². The smallest absolute Gasteiger partial charge is 0.216 e. The molecule has 0 saturated carbocycles. The molecule has 0 radical (unpaired) electrons. The van der Waals surface area contributed by atoms with Crippen molar-refractivity contribution in [3.05, 3.63) is 35.4 Å². The Labute approximate surface area is 105 Å². The summed E-state index contributed by atoms with van der Waals surface area (Å²) in [4.78, 5) is 0. The molecule has 1 aromatic rings. The maximum absolute atomic E-state index is 9.89. The van der Waals surface area contributed by atoms with Crippen molar-refractivity contribution in [2.75, 3.05) is 0 Å². The predicted molar refractivity (Wildman–Crippen MR) is 65.5 cm³/mol. The first-order valence-corrected chi connectivity index (χ1v) is 5.94. The molecule has 1 unspecified atom stereocenters. The van der Waals surface area contributed by atoms with Crippen LogP contribution in [0.1, 0.15) is 37.0 Å². The van der Waals surface area contributed by atoms with Gasteiger partial charge in [0.1, 0.15) is 0 Å². The van der Waals surface area contributed by atoms with E-state index in [9.17, 15) is 5.11 Å². The van der Waals surface area contributed by atoms with E-state index >= 15 is 0 Å². The van der Waals surface area contributed by atoms with Crippen molar-refractivity contribution in [2.45, 2.75) is 29.7 Å². The van der Waals surface area contributed by atoms with Gasteiger partial charge in [-0.15, -0.1) is 0 Å². The number of halogens is 3. The first-order chi connectivity index (χ1) is 6.96. The summed E-state index contributed by atoms with van der Waals surface area (Å²) in [5.74, 6) is 0. The van der Waals surface area contributed by atoms with Crippen molar-refractivity contribution < 1.29 is 5.11 Å². The molecular formula is C11H13Cl3O. The molecule has 84 valence electrons. The van der Waals surface area contributed by atoms with E-state index in [1.807, 2.05) is 13.0 Å². The van der Waals surface area contributed by atoms with Crippen LogP contribution < -0.4 is 0 Å². The fourth-order valence-corrected chi connectivity index (χ4v) is 1.99. The van der Waals surface area contributed by atoms with Gasteiger partial charge in [-0.05, 0) is 12.0 Å². The Kier molecular flexibility index (Phi) is 4.72. The lowest BCUT2D eigenvalue weighted by molar-refractivity contribution is 0.165. The van der Waals surface area contributed by atoms with E-state index in [-0.39, 0.29) is 0 Å². The Morgan fingerprint density at radius 1 is 1.27 bits per heavy atom. The van der Waals surface area contributed by atoms with Crippen LogP contribution in [0.25, 0.3) is 0 Å². The molecule has 0 aliphatic heterocycles. The molecule has 0 aliphatic carbocycles. The molecule has 0 fully saturated rings. The van der Waals surface area contributed by atoms with Crippen molar-refractivity contribution in [3.8, 4) is 0 Å². The number of aliphatic hydroxyl groups excluding tert-OH is 1. The van der Waals surface area contributed by atoms with Gasteiger partial charge in [0.15, 0.2) is 0 Å². The SMILES string of the molecule is CCCC(O)c1ccccc1C(Cl)(Cl)Cl. The van der Waals surface area contributed by atoms with Gasteiger partial charge >= 0.3 is 0 Å². The third kappa shape index (κ3) is 3.53. The van der Waals surface area contributed by atoms with Gasteiger partial charge in [-0.1, -0.05) is 72.4 Å². The lowest BCUT2D eigenvalue weighted by atomic mass is 10.0. The summed E-state index contributed by atoms with van der Waals surface area (Å²) in [5, 5.41) is 9.89. The highest BCUT2D eigenvalue weighted by Gasteiger charge is 2.27.